The van der Waals surface area contributed by atoms with Crippen LogP contribution in [0, 0.1) is 10.3 Å². The Labute approximate surface area is 179 Å². The van der Waals surface area contributed by atoms with Crippen LogP contribution in [0.4, 0.5) is 0 Å². The van der Waals surface area contributed by atoms with Crippen LogP contribution in [0.25, 0.3) is 11.3 Å². The number of fused-ring (bicyclic) bond motifs is 3. The lowest BCUT2D eigenvalue weighted by molar-refractivity contribution is 0.0500. The number of nitrogens with two attached hydrogens (primary N) is 1. The maximum absolute atomic E-state index is 12.6. The molecule has 1 aliphatic rings. The van der Waals surface area contributed by atoms with Crippen LogP contribution in [0.2, 0.25) is 0 Å². The highest BCUT2D eigenvalue weighted by molar-refractivity contribution is 5.89. The number of pyridine rings is 1. The maximum atomic E-state index is 12.6. The molecule has 1 aromatic carbocycles. The zero-order valence-electron chi connectivity index (χ0n) is 17.9. The molecule has 9 heteroatoms. The van der Waals surface area contributed by atoms with Gasteiger partial charge in [0.05, 0.1) is 18.8 Å². The van der Waals surface area contributed by atoms with Crippen molar-refractivity contribution in [3.05, 3.63) is 50.7 Å². The van der Waals surface area contributed by atoms with Crippen molar-refractivity contribution < 1.29 is 19.5 Å². The highest BCUT2D eigenvalue weighted by Gasteiger charge is 2.34. The van der Waals surface area contributed by atoms with E-state index in [4.69, 9.17) is 10.6 Å². The second-order valence-electron chi connectivity index (χ2n) is 8.72. The molecule has 0 radical (unpaired) electrons. The van der Waals surface area contributed by atoms with Crippen molar-refractivity contribution in [1.29, 1.82) is 0 Å². The predicted octanol–water partition coefficient (Wildman–Crippen LogP) is 3.32. The van der Waals surface area contributed by atoms with E-state index in [-0.39, 0.29) is 29.3 Å². The van der Waals surface area contributed by atoms with Crippen molar-refractivity contribution in [2.75, 3.05) is 13.2 Å². The van der Waals surface area contributed by atoms with Crippen LogP contribution in [0.3, 0.4) is 0 Å². The van der Waals surface area contributed by atoms with Gasteiger partial charge < -0.3 is 19.2 Å². The lowest BCUT2D eigenvalue weighted by Crippen LogP contribution is -2.33. The van der Waals surface area contributed by atoms with Crippen LogP contribution in [0.1, 0.15) is 55.6 Å². The molecule has 166 valence electrons. The number of nitrogens with zero attached hydrogens (tertiary/aromatic N) is 2. The summed E-state index contributed by atoms with van der Waals surface area (Å²) in [6.07, 6.45) is 3.35. The number of ether oxygens (including phenoxy) is 1. The fourth-order valence-corrected chi connectivity index (χ4v) is 3.86. The summed E-state index contributed by atoms with van der Waals surface area (Å²) in [7, 11) is 0. The summed E-state index contributed by atoms with van der Waals surface area (Å²) < 4.78 is 7.59. The largest absolute Gasteiger partial charge is 0.504 e. The molecule has 0 fully saturated rings. The Kier molecular flexibility index (Phi) is 6.45. The predicted molar refractivity (Wildman–Crippen MR) is 115 cm³/mol. The fourth-order valence-electron chi connectivity index (χ4n) is 3.86. The summed E-state index contributed by atoms with van der Waals surface area (Å²) >= 11 is 0. The monoisotopic (exact) mass is 429 g/mol. The molecule has 9 nitrogen and oxygen atoms in total. The molecule has 0 amide bonds. The third-order valence-corrected chi connectivity index (χ3v) is 5.52. The van der Waals surface area contributed by atoms with E-state index in [0.717, 1.165) is 5.56 Å². The number of carbonyl (C=O) groups is 1. The van der Waals surface area contributed by atoms with Gasteiger partial charge in [-0.3, -0.25) is 4.79 Å². The van der Waals surface area contributed by atoms with Gasteiger partial charge in [-0.25, -0.2) is 4.79 Å². The van der Waals surface area contributed by atoms with Gasteiger partial charge in [-0.2, -0.15) is 10.8 Å². The van der Waals surface area contributed by atoms with Crippen molar-refractivity contribution in [2.45, 2.75) is 46.1 Å². The summed E-state index contributed by atoms with van der Waals surface area (Å²) in [4.78, 5) is 38.9. The molecule has 3 rings (SSSR count). The normalized spacial score (nSPS) is 15.0. The topological polar surface area (TPSA) is 133 Å². The third kappa shape index (κ3) is 4.61. The molecule has 1 unspecified atom stereocenters. The standard InChI is InChI=1S/C22H27N3O6/c1-22(2,3)20-9-13-8-19(30-7-5-4-6-24-29)18(27)10-14(13)16-11-17(26)15(12-25(16)20)21(28)31-23/h8,10-12,20,27H,4-7,9,23H2,1-3H3. The first-order valence-electron chi connectivity index (χ1n) is 10.1. The Balaban J connectivity index is 2.05. The molecular weight excluding hydrogens is 402 g/mol. The van der Waals surface area contributed by atoms with Gasteiger partial charge in [-0.05, 0) is 42.4 Å². The fraction of sp³-hybridized carbons (Fsp3) is 0.455. The quantitative estimate of drug-likeness (QED) is 0.392. The second-order valence-corrected chi connectivity index (χ2v) is 8.72. The van der Waals surface area contributed by atoms with Gasteiger partial charge in [0.25, 0.3) is 0 Å². The molecule has 0 bridgehead atoms. The van der Waals surface area contributed by atoms with E-state index < -0.39 is 11.4 Å². The Hall–Kier alpha value is -3.20. The third-order valence-electron chi connectivity index (χ3n) is 5.52. The van der Waals surface area contributed by atoms with Crippen LogP contribution < -0.4 is 16.1 Å². The first kappa shape index (κ1) is 22.5. The highest BCUT2D eigenvalue weighted by Crippen LogP contribution is 2.45. The average Bonchev–Trinajstić information content (AvgIpc) is 2.72. The van der Waals surface area contributed by atoms with Crippen molar-refractivity contribution >= 4 is 5.97 Å². The number of phenols is 1. The number of rotatable bonds is 7. The molecule has 1 aliphatic heterocycles. The molecule has 3 N–H and O–H groups in total. The number of hydrogen-bond donors (Lipinski definition) is 2. The Morgan fingerprint density at radius 3 is 2.68 bits per heavy atom. The van der Waals surface area contributed by atoms with Crippen molar-refractivity contribution in [3.8, 4) is 22.8 Å². The van der Waals surface area contributed by atoms with Gasteiger partial charge in [0.1, 0.15) is 5.56 Å². The molecule has 0 saturated carbocycles. The van der Waals surface area contributed by atoms with Crippen molar-refractivity contribution in [2.24, 2.45) is 16.5 Å². The van der Waals surface area contributed by atoms with Gasteiger partial charge in [0, 0.05) is 23.9 Å². The molecular formula is C22H27N3O6. The van der Waals surface area contributed by atoms with Crippen LogP contribution in [-0.4, -0.2) is 28.8 Å². The minimum absolute atomic E-state index is 0.0501. The number of unbranched alkanes of at least 4 members (excludes halogenated alkanes) is 1. The van der Waals surface area contributed by atoms with E-state index in [1.807, 2.05) is 4.57 Å². The molecule has 0 spiro atoms. The first-order chi connectivity index (χ1) is 14.7. The first-order valence-corrected chi connectivity index (χ1v) is 10.1. The van der Waals surface area contributed by atoms with E-state index >= 15 is 0 Å². The summed E-state index contributed by atoms with van der Waals surface area (Å²) in [6, 6.07) is 4.66. The van der Waals surface area contributed by atoms with Gasteiger partial charge in [0.15, 0.2) is 16.9 Å². The lowest BCUT2D eigenvalue weighted by atomic mass is 9.78. The van der Waals surface area contributed by atoms with Crippen LogP contribution in [0.15, 0.2) is 34.4 Å². The van der Waals surface area contributed by atoms with E-state index in [2.05, 4.69) is 30.8 Å². The summed E-state index contributed by atoms with van der Waals surface area (Å²) in [5.41, 5.74) is 1.37. The van der Waals surface area contributed by atoms with Crippen LogP contribution in [0.5, 0.6) is 11.5 Å². The Bertz CT molecular complexity index is 1050. The maximum Gasteiger partial charge on any atom is 0.362 e. The van der Waals surface area contributed by atoms with Gasteiger partial charge in [-0.1, -0.05) is 25.9 Å². The molecule has 0 aliphatic carbocycles. The molecule has 2 aromatic rings. The van der Waals surface area contributed by atoms with Crippen molar-refractivity contribution in [1.82, 2.24) is 4.57 Å². The number of aromatic nitrogens is 1. The zero-order chi connectivity index (χ0) is 22.8. The smallest absolute Gasteiger partial charge is 0.362 e. The summed E-state index contributed by atoms with van der Waals surface area (Å²) in [6.45, 7) is 6.81. The van der Waals surface area contributed by atoms with Crippen LogP contribution in [-0.2, 0) is 11.3 Å². The Morgan fingerprint density at radius 1 is 1.29 bits per heavy atom. The number of carbonyl (C=O) groups excluding carboxylic acids is 1. The van der Waals surface area contributed by atoms with Gasteiger partial charge in [-0.15, -0.1) is 0 Å². The minimum Gasteiger partial charge on any atom is -0.504 e. The molecule has 0 saturated heterocycles. The van der Waals surface area contributed by atoms with Gasteiger partial charge >= 0.3 is 5.97 Å². The van der Waals surface area contributed by atoms with E-state index in [0.29, 0.717) is 42.9 Å². The average molecular weight is 429 g/mol. The Morgan fingerprint density at radius 2 is 2.03 bits per heavy atom. The highest BCUT2D eigenvalue weighted by atomic mass is 16.7. The molecule has 1 aromatic heterocycles. The van der Waals surface area contributed by atoms with Gasteiger partial charge in [0.2, 0.25) is 0 Å². The summed E-state index contributed by atoms with van der Waals surface area (Å²) in [5.74, 6) is 4.39. The number of phenolic OH excluding ortho intramolecular Hbond substituents is 1. The number of aromatic hydroxyl groups is 1. The summed E-state index contributed by atoms with van der Waals surface area (Å²) in [5, 5.41) is 13.3. The minimum atomic E-state index is -0.893. The van der Waals surface area contributed by atoms with Crippen LogP contribution >= 0.6 is 0 Å². The lowest BCUT2D eigenvalue weighted by Gasteiger charge is -2.39. The van der Waals surface area contributed by atoms with E-state index in [9.17, 15) is 19.6 Å². The number of benzene rings is 1. The SMILES string of the molecule is CC(C)(C)C1Cc2cc(OCCCCN=O)c(O)cc2-c2cc(=O)c(C(=O)ON)cn21. The van der Waals surface area contributed by atoms with E-state index in [1.165, 1.54) is 12.3 Å². The van der Waals surface area contributed by atoms with Crippen molar-refractivity contribution in [3.63, 3.8) is 0 Å². The second kappa shape index (κ2) is 8.89. The molecule has 31 heavy (non-hydrogen) atoms. The molecule has 2 heterocycles. The zero-order valence-corrected chi connectivity index (χ0v) is 17.9. The number of hydrogen-bond acceptors (Lipinski definition) is 8. The van der Waals surface area contributed by atoms with E-state index in [1.54, 1.807) is 12.1 Å². The number of nitroso groups, excluding NO2 is 1. The molecule has 1 atom stereocenters.